The first-order chi connectivity index (χ1) is 7.92. The van der Waals surface area contributed by atoms with Crippen molar-refractivity contribution < 1.29 is 13.7 Å². The first-order valence-electron chi connectivity index (χ1n) is 6.01. The molecule has 0 rings (SSSR count). The second-order valence-electron chi connectivity index (χ2n) is 4.20. The van der Waals surface area contributed by atoms with E-state index in [2.05, 4.69) is 0 Å². The normalized spacial score (nSPS) is 19.1. The minimum Gasteiger partial charge on any atom is -0.616 e. The van der Waals surface area contributed by atoms with Crippen molar-refractivity contribution in [3.05, 3.63) is 0 Å². The fourth-order valence-electron chi connectivity index (χ4n) is 1.33. The molecule has 6 heteroatoms. The molecule has 17 heavy (non-hydrogen) atoms. The molecule has 0 amide bonds. The largest absolute Gasteiger partial charge is 0.616 e. The van der Waals surface area contributed by atoms with Gasteiger partial charge in [0, 0.05) is 0 Å². The van der Waals surface area contributed by atoms with Crippen LogP contribution < -0.4 is 0 Å². The molecule has 0 fully saturated rings. The van der Waals surface area contributed by atoms with E-state index >= 15 is 0 Å². The Labute approximate surface area is 115 Å². The maximum absolute atomic E-state index is 11.9. The third-order valence-corrected chi connectivity index (χ3v) is 7.82. The molecule has 0 heterocycles. The van der Waals surface area contributed by atoms with Gasteiger partial charge in [0.1, 0.15) is 16.8 Å². The molecule has 0 N–H and O–H groups in total. The van der Waals surface area contributed by atoms with Crippen LogP contribution in [0.1, 0.15) is 34.1 Å². The molecule has 4 atom stereocenters. The van der Waals surface area contributed by atoms with Crippen LogP contribution in [0.5, 0.6) is 0 Å². The van der Waals surface area contributed by atoms with Crippen molar-refractivity contribution in [1.29, 1.82) is 0 Å². The van der Waals surface area contributed by atoms with E-state index in [4.69, 9.17) is 0 Å². The average molecular weight is 301 g/mol. The summed E-state index contributed by atoms with van der Waals surface area (Å²) < 4.78 is 35.3. The van der Waals surface area contributed by atoms with Crippen LogP contribution >= 0.6 is 0 Å². The molecule has 0 aromatic heterocycles. The lowest BCUT2D eigenvalue weighted by Crippen LogP contribution is -2.39. The Bertz CT molecular complexity index is 193. The lowest BCUT2D eigenvalue weighted by atomic mass is 10.5. The summed E-state index contributed by atoms with van der Waals surface area (Å²) in [5.74, 6) is 2.02. The minimum absolute atomic E-state index is 0.0750. The standard InChI is InChI=1S/C11H24O3S3/c1-5-7-15(12)8-11(16(13)6-2)9-17(14)10(3)4/h10-11H,5-9H2,1-4H3. The molecule has 0 saturated carbocycles. The molecule has 0 aromatic carbocycles. The van der Waals surface area contributed by atoms with E-state index in [1.807, 2.05) is 27.7 Å². The zero-order chi connectivity index (χ0) is 13.4. The zero-order valence-corrected chi connectivity index (χ0v) is 13.6. The summed E-state index contributed by atoms with van der Waals surface area (Å²) in [5.41, 5.74) is 0. The number of hydrogen-bond donors (Lipinski definition) is 0. The van der Waals surface area contributed by atoms with E-state index in [9.17, 15) is 13.7 Å². The van der Waals surface area contributed by atoms with E-state index in [-0.39, 0.29) is 10.5 Å². The van der Waals surface area contributed by atoms with Gasteiger partial charge in [-0.25, -0.2) is 0 Å². The summed E-state index contributed by atoms with van der Waals surface area (Å²) in [6, 6.07) is 0. The summed E-state index contributed by atoms with van der Waals surface area (Å²) in [6.45, 7) is 7.62. The van der Waals surface area contributed by atoms with Crippen molar-refractivity contribution in [2.75, 3.05) is 23.0 Å². The first-order valence-corrected chi connectivity index (χ1v) is 10.3. The van der Waals surface area contributed by atoms with E-state index < -0.39 is 33.5 Å². The monoisotopic (exact) mass is 300 g/mol. The van der Waals surface area contributed by atoms with Crippen LogP contribution in [0.2, 0.25) is 0 Å². The van der Waals surface area contributed by atoms with Crippen LogP contribution in [-0.2, 0) is 33.5 Å². The molecule has 0 aliphatic carbocycles. The van der Waals surface area contributed by atoms with Crippen molar-refractivity contribution in [3.63, 3.8) is 0 Å². The van der Waals surface area contributed by atoms with Gasteiger partial charge in [0.2, 0.25) is 5.25 Å². The smallest absolute Gasteiger partial charge is 0.203 e. The maximum atomic E-state index is 11.9. The molecule has 0 aromatic rings. The summed E-state index contributed by atoms with van der Waals surface area (Å²) >= 11 is -2.91. The highest BCUT2D eigenvalue weighted by molar-refractivity contribution is 7.97. The number of rotatable bonds is 9. The highest BCUT2D eigenvalue weighted by Crippen LogP contribution is 2.13. The lowest BCUT2D eigenvalue weighted by molar-refractivity contribution is 0.568. The molecule has 4 unspecified atom stereocenters. The molecule has 0 aliphatic heterocycles. The van der Waals surface area contributed by atoms with Crippen LogP contribution in [0.25, 0.3) is 0 Å². The third kappa shape index (κ3) is 7.85. The van der Waals surface area contributed by atoms with Gasteiger partial charge in [0.15, 0.2) is 11.5 Å². The Balaban J connectivity index is 4.33. The topological polar surface area (TPSA) is 69.2 Å². The fraction of sp³-hybridized carbons (Fsp3) is 1.00. The highest BCUT2D eigenvalue weighted by atomic mass is 32.2. The maximum Gasteiger partial charge on any atom is 0.203 e. The fourth-order valence-corrected chi connectivity index (χ4v) is 6.05. The molecule has 0 spiro atoms. The highest BCUT2D eigenvalue weighted by Gasteiger charge is 2.32. The molecule has 3 nitrogen and oxygen atoms in total. The van der Waals surface area contributed by atoms with Crippen molar-refractivity contribution in [1.82, 2.24) is 0 Å². The van der Waals surface area contributed by atoms with Crippen LogP contribution in [0.15, 0.2) is 0 Å². The van der Waals surface area contributed by atoms with E-state index in [0.29, 0.717) is 23.0 Å². The van der Waals surface area contributed by atoms with E-state index in [0.717, 1.165) is 6.42 Å². The van der Waals surface area contributed by atoms with Crippen molar-refractivity contribution in [3.8, 4) is 0 Å². The SMILES string of the molecule is CCC[S+]([O-])CC(C[S+]([O-])C(C)C)[S+]([O-])CC. The van der Waals surface area contributed by atoms with E-state index in [1.165, 1.54) is 0 Å². The second kappa shape index (κ2) is 9.81. The van der Waals surface area contributed by atoms with Crippen LogP contribution in [0.3, 0.4) is 0 Å². The van der Waals surface area contributed by atoms with Gasteiger partial charge in [-0.15, -0.1) is 0 Å². The summed E-state index contributed by atoms with van der Waals surface area (Å²) in [7, 11) is 0. The summed E-state index contributed by atoms with van der Waals surface area (Å²) in [4.78, 5) is 0. The summed E-state index contributed by atoms with van der Waals surface area (Å²) in [6.07, 6.45) is 0.866. The Morgan fingerprint density at radius 1 is 0.941 bits per heavy atom. The van der Waals surface area contributed by atoms with Crippen molar-refractivity contribution in [2.24, 2.45) is 0 Å². The molecular weight excluding hydrogens is 276 g/mol. The quantitative estimate of drug-likeness (QED) is 0.605. The Morgan fingerprint density at radius 3 is 1.94 bits per heavy atom. The van der Waals surface area contributed by atoms with Crippen LogP contribution in [0, 0.1) is 0 Å². The first kappa shape index (κ1) is 17.9. The van der Waals surface area contributed by atoms with Gasteiger partial charge in [0.05, 0.1) is 0 Å². The second-order valence-corrected chi connectivity index (χ2v) is 9.86. The van der Waals surface area contributed by atoms with E-state index in [1.54, 1.807) is 0 Å². The van der Waals surface area contributed by atoms with Crippen molar-refractivity contribution in [2.45, 2.75) is 44.6 Å². The predicted octanol–water partition coefficient (Wildman–Crippen LogP) is 1.44. The van der Waals surface area contributed by atoms with Gasteiger partial charge in [-0.05, 0) is 60.7 Å². The van der Waals surface area contributed by atoms with Gasteiger partial charge in [-0.2, -0.15) is 0 Å². The van der Waals surface area contributed by atoms with Gasteiger partial charge < -0.3 is 13.7 Å². The van der Waals surface area contributed by atoms with Gasteiger partial charge in [-0.1, -0.05) is 6.92 Å². The minimum atomic E-state index is -1.01. The Morgan fingerprint density at radius 2 is 1.53 bits per heavy atom. The molecule has 0 radical (unpaired) electrons. The van der Waals surface area contributed by atoms with Crippen LogP contribution in [-0.4, -0.2) is 47.2 Å². The van der Waals surface area contributed by atoms with Gasteiger partial charge in [-0.3, -0.25) is 0 Å². The molecule has 0 aliphatic rings. The average Bonchev–Trinajstić information content (AvgIpc) is 2.27. The Kier molecular flexibility index (Phi) is 10.3. The summed E-state index contributed by atoms with van der Waals surface area (Å²) in [5, 5.41) is -0.110. The van der Waals surface area contributed by atoms with Gasteiger partial charge in [0.25, 0.3) is 0 Å². The zero-order valence-electron chi connectivity index (χ0n) is 11.1. The molecule has 104 valence electrons. The third-order valence-electron chi connectivity index (χ3n) is 2.34. The predicted molar refractivity (Wildman–Crippen MR) is 78.8 cm³/mol. The number of hydrogen-bond acceptors (Lipinski definition) is 3. The van der Waals surface area contributed by atoms with Crippen LogP contribution in [0.4, 0.5) is 0 Å². The molecular formula is C11H24O3S3. The van der Waals surface area contributed by atoms with Gasteiger partial charge >= 0.3 is 0 Å². The lowest BCUT2D eigenvalue weighted by Gasteiger charge is -2.24. The Hall–Kier alpha value is 0.930. The van der Waals surface area contributed by atoms with Crippen molar-refractivity contribution >= 4 is 33.5 Å². The molecule has 0 bridgehead atoms. The molecule has 0 saturated heterocycles.